The molecule has 0 aromatic heterocycles. The van der Waals surface area contributed by atoms with Crippen molar-refractivity contribution in [3.63, 3.8) is 0 Å². The summed E-state index contributed by atoms with van der Waals surface area (Å²) in [6, 6.07) is 5.70. The van der Waals surface area contributed by atoms with Crippen LogP contribution in [0.4, 0.5) is 5.69 Å². The molecule has 0 bridgehead atoms. The van der Waals surface area contributed by atoms with Crippen LogP contribution in [-0.4, -0.2) is 43.0 Å². The predicted molar refractivity (Wildman–Crippen MR) is 88.2 cm³/mol. The molecule has 2 N–H and O–H groups in total. The molecule has 1 aromatic rings. The molecule has 0 aliphatic carbocycles. The van der Waals surface area contributed by atoms with Crippen LogP contribution < -0.4 is 10.6 Å². The molecule has 2 rings (SSSR count). The summed E-state index contributed by atoms with van der Waals surface area (Å²) in [5.74, 6) is -0.0560. The summed E-state index contributed by atoms with van der Waals surface area (Å²) in [7, 11) is 0. The van der Waals surface area contributed by atoms with Crippen molar-refractivity contribution in [2.45, 2.75) is 25.8 Å². The first-order valence-electron chi connectivity index (χ1n) is 7.30. The molecule has 4 nitrogen and oxygen atoms in total. The number of nitrogens with one attached hydrogen (secondary N) is 2. The Morgan fingerprint density at radius 2 is 2.10 bits per heavy atom. The average Bonchev–Trinajstić information content (AvgIpc) is 2.50. The fourth-order valence-corrected chi connectivity index (χ4v) is 2.99. The van der Waals surface area contributed by atoms with Gasteiger partial charge in [0, 0.05) is 6.04 Å². The largest absolute Gasteiger partial charge is 0.324 e. The molecular formula is C15H21Cl2N3O. The molecule has 0 saturated carbocycles. The Bertz CT molecular complexity index is 490. The van der Waals surface area contributed by atoms with E-state index in [0.29, 0.717) is 28.3 Å². The molecular weight excluding hydrogens is 309 g/mol. The topological polar surface area (TPSA) is 44.4 Å². The minimum absolute atomic E-state index is 0.0560. The maximum atomic E-state index is 12.2. The smallest absolute Gasteiger partial charge is 0.238 e. The van der Waals surface area contributed by atoms with Gasteiger partial charge in [-0.25, -0.2) is 0 Å². The van der Waals surface area contributed by atoms with Crippen LogP contribution in [0.2, 0.25) is 10.0 Å². The van der Waals surface area contributed by atoms with E-state index >= 15 is 0 Å². The molecule has 0 unspecified atom stereocenters. The number of benzene rings is 1. The van der Waals surface area contributed by atoms with Crippen molar-refractivity contribution >= 4 is 34.8 Å². The lowest BCUT2D eigenvalue weighted by Gasteiger charge is -2.33. The highest BCUT2D eigenvalue weighted by molar-refractivity contribution is 6.43. The number of amides is 1. The minimum atomic E-state index is -0.0560. The van der Waals surface area contributed by atoms with Crippen molar-refractivity contribution in [1.29, 1.82) is 0 Å². The van der Waals surface area contributed by atoms with E-state index in [-0.39, 0.29) is 5.91 Å². The summed E-state index contributed by atoms with van der Waals surface area (Å²) in [4.78, 5) is 14.4. The van der Waals surface area contributed by atoms with Gasteiger partial charge in [-0.1, -0.05) is 36.2 Å². The zero-order valence-electron chi connectivity index (χ0n) is 12.2. The number of piperidine rings is 1. The van der Waals surface area contributed by atoms with Crippen LogP contribution in [0.1, 0.15) is 19.8 Å². The van der Waals surface area contributed by atoms with E-state index < -0.39 is 0 Å². The lowest BCUT2D eigenvalue weighted by atomic mass is 10.0. The maximum absolute atomic E-state index is 12.2. The molecule has 0 radical (unpaired) electrons. The van der Waals surface area contributed by atoms with Crippen LogP contribution in [0.3, 0.4) is 0 Å². The molecule has 1 aliphatic heterocycles. The van der Waals surface area contributed by atoms with Crippen LogP contribution in [0.5, 0.6) is 0 Å². The van der Waals surface area contributed by atoms with Gasteiger partial charge in [0.25, 0.3) is 0 Å². The van der Waals surface area contributed by atoms with Gasteiger partial charge in [-0.2, -0.15) is 0 Å². The van der Waals surface area contributed by atoms with Gasteiger partial charge in [-0.3, -0.25) is 9.69 Å². The Morgan fingerprint density at radius 3 is 2.76 bits per heavy atom. The van der Waals surface area contributed by atoms with Gasteiger partial charge in [0.15, 0.2) is 0 Å². The second-order valence-electron chi connectivity index (χ2n) is 5.19. The Labute approximate surface area is 135 Å². The van der Waals surface area contributed by atoms with Crippen molar-refractivity contribution in [2.75, 3.05) is 31.5 Å². The van der Waals surface area contributed by atoms with Gasteiger partial charge >= 0.3 is 0 Å². The number of nitrogens with zero attached hydrogens (tertiary/aromatic N) is 1. The predicted octanol–water partition coefficient (Wildman–Crippen LogP) is 3.01. The lowest BCUT2D eigenvalue weighted by molar-refractivity contribution is -0.118. The number of hydrogen-bond donors (Lipinski definition) is 2. The first kappa shape index (κ1) is 16.6. The normalized spacial score (nSPS) is 16.2. The Hall–Kier alpha value is -0.810. The number of anilines is 1. The molecule has 6 heteroatoms. The molecule has 1 aromatic carbocycles. The summed E-state index contributed by atoms with van der Waals surface area (Å²) < 4.78 is 0. The number of carbonyl (C=O) groups is 1. The van der Waals surface area contributed by atoms with Crippen LogP contribution in [-0.2, 0) is 4.79 Å². The Balaban J connectivity index is 1.94. The van der Waals surface area contributed by atoms with E-state index in [2.05, 4.69) is 22.5 Å². The highest BCUT2D eigenvalue weighted by Gasteiger charge is 2.21. The van der Waals surface area contributed by atoms with E-state index in [1.165, 1.54) is 0 Å². The average molecular weight is 330 g/mol. The van der Waals surface area contributed by atoms with Gasteiger partial charge in [0.2, 0.25) is 5.91 Å². The third kappa shape index (κ3) is 4.58. The number of halogens is 2. The van der Waals surface area contributed by atoms with E-state index in [1.54, 1.807) is 18.2 Å². The molecule has 116 valence electrons. The van der Waals surface area contributed by atoms with Crippen molar-refractivity contribution in [1.82, 2.24) is 10.2 Å². The van der Waals surface area contributed by atoms with Crippen LogP contribution in [0, 0.1) is 0 Å². The fourth-order valence-electron chi connectivity index (χ4n) is 2.65. The first-order chi connectivity index (χ1) is 10.1. The number of carbonyl (C=O) groups excluding carboxylic acids is 1. The fraction of sp³-hybridized carbons (Fsp3) is 0.533. The lowest BCUT2D eigenvalue weighted by Crippen LogP contribution is -2.46. The second kappa shape index (κ2) is 7.99. The highest BCUT2D eigenvalue weighted by Crippen LogP contribution is 2.29. The molecule has 0 atom stereocenters. The molecule has 1 aliphatic rings. The SMILES string of the molecule is CCN(CC(=O)Nc1cccc(Cl)c1Cl)C1CCNCC1. The summed E-state index contributed by atoms with van der Waals surface area (Å²) in [6.07, 6.45) is 2.16. The molecule has 1 heterocycles. The standard InChI is InChI=1S/C15H21Cl2N3O/c1-2-20(11-6-8-18-9-7-11)10-14(21)19-13-5-3-4-12(16)15(13)17/h3-5,11,18H,2,6-10H2,1H3,(H,19,21). The Kier molecular flexibility index (Phi) is 6.30. The summed E-state index contributed by atoms with van der Waals surface area (Å²) >= 11 is 12.0. The number of rotatable bonds is 5. The van der Waals surface area contributed by atoms with Crippen molar-refractivity contribution in [3.8, 4) is 0 Å². The monoisotopic (exact) mass is 329 g/mol. The molecule has 0 spiro atoms. The summed E-state index contributed by atoms with van der Waals surface area (Å²) in [5, 5.41) is 7.01. The van der Waals surface area contributed by atoms with E-state index in [1.807, 2.05) is 0 Å². The minimum Gasteiger partial charge on any atom is -0.324 e. The van der Waals surface area contributed by atoms with Gasteiger partial charge in [0.1, 0.15) is 0 Å². The molecule has 1 fully saturated rings. The number of hydrogen-bond acceptors (Lipinski definition) is 3. The van der Waals surface area contributed by atoms with Gasteiger partial charge in [0.05, 0.1) is 22.3 Å². The second-order valence-corrected chi connectivity index (χ2v) is 5.98. The van der Waals surface area contributed by atoms with E-state index in [9.17, 15) is 4.79 Å². The highest BCUT2D eigenvalue weighted by atomic mass is 35.5. The molecule has 1 amide bonds. The van der Waals surface area contributed by atoms with Gasteiger partial charge < -0.3 is 10.6 Å². The molecule has 21 heavy (non-hydrogen) atoms. The quantitative estimate of drug-likeness (QED) is 0.872. The zero-order valence-corrected chi connectivity index (χ0v) is 13.7. The van der Waals surface area contributed by atoms with Crippen molar-refractivity contribution in [3.05, 3.63) is 28.2 Å². The third-order valence-electron chi connectivity index (χ3n) is 3.80. The maximum Gasteiger partial charge on any atom is 0.238 e. The van der Waals surface area contributed by atoms with Crippen LogP contribution in [0.25, 0.3) is 0 Å². The first-order valence-corrected chi connectivity index (χ1v) is 8.06. The number of likely N-dealkylation sites (N-methyl/N-ethyl adjacent to an activating group) is 1. The Morgan fingerprint density at radius 1 is 1.38 bits per heavy atom. The zero-order chi connectivity index (χ0) is 15.2. The van der Waals surface area contributed by atoms with E-state index in [4.69, 9.17) is 23.2 Å². The van der Waals surface area contributed by atoms with Crippen LogP contribution in [0.15, 0.2) is 18.2 Å². The van der Waals surface area contributed by atoms with Crippen molar-refractivity contribution < 1.29 is 4.79 Å². The molecule has 1 saturated heterocycles. The van der Waals surface area contributed by atoms with Crippen LogP contribution >= 0.6 is 23.2 Å². The van der Waals surface area contributed by atoms with Gasteiger partial charge in [-0.05, 0) is 44.6 Å². The third-order valence-corrected chi connectivity index (χ3v) is 4.62. The van der Waals surface area contributed by atoms with Crippen molar-refractivity contribution in [2.24, 2.45) is 0 Å². The van der Waals surface area contributed by atoms with Gasteiger partial charge in [-0.15, -0.1) is 0 Å². The van der Waals surface area contributed by atoms with E-state index in [0.717, 1.165) is 32.5 Å². The summed E-state index contributed by atoms with van der Waals surface area (Å²) in [6.45, 7) is 5.36. The summed E-state index contributed by atoms with van der Waals surface area (Å²) in [5.41, 5.74) is 0.565.